The predicted molar refractivity (Wildman–Crippen MR) is 86.5 cm³/mol. The van der Waals surface area contributed by atoms with E-state index in [1.54, 1.807) is 13.8 Å². The average Bonchev–Trinajstić information content (AvgIpc) is 2.94. The lowest BCUT2D eigenvalue weighted by atomic mass is 10.1. The van der Waals surface area contributed by atoms with Gasteiger partial charge in [0, 0.05) is 5.92 Å². The highest BCUT2D eigenvalue weighted by molar-refractivity contribution is 5.90. The average molecular weight is 315 g/mol. The van der Waals surface area contributed by atoms with Gasteiger partial charge in [-0.3, -0.25) is 9.59 Å². The van der Waals surface area contributed by atoms with Gasteiger partial charge in [0.2, 0.25) is 11.8 Å². The third-order valence-corrected chi connectivity index (χ3v) is 3.30. The molecule has 23 heavy (non-hydrogen) atoms. The second kappa shape index (κ2) is 7.53. The van der Waals surface area contributed by atoms with E-state index >= 15 is 0 Å². The van der Waals surface area contributed by atoms with Crippen LogP contribution in [0, 0.1) is 5.92 Å². The number of hydrogen-bond acceptors (Lipinski definition) is 4. The molecule has 122 valence electrons. The second-order valence-corrected chi connectivity index (χ2v) is 5.65. The highest BCUT2D eigenvalue weighted by Crippen LogP contribution is 2.11. The first-order valence-electron chi connectivity index (χ1n) is 7.51. The van der Waals surface area contributed by atoms with Crippen LogP contribution in [0.5, 0.6) is 0 Å². The molecule has 1 aromatic carbocycles. The zero-order valence-electron chi connectivity index (χ0n) is 13.5. The zero-order valence-corrected chi connectivity index (χ0v) is 13.5. The summed E-state index contributed by atoms with van der Waals surface area (Å²) >= 11 is 0. The van der Waals surface area contributed by atoms with E-state index in [1.165, 1.54) is 10.9 Å². The topological polar surface area (TPSA) is 88.9 Å². The van der Waals surface area contributed by atoms with Gasteiger partial charge in [-0.15, -0.1) is 5.10 Å². The van der Waals surface area contributed by atoms with Crippen LogP contribution in [0.15, 0.2) is 36.5 Å². The van der Waals surface area contributed by atoms with Gasteiger partial charge >= 0.3 is 0 Å². The molecule has 2 aromatic rings. The molecule has 2 rings (SSSR count). The maximum Gasteiger partial charge on any atom is 0.242 e. The first-order valence-corrected chi connectivity index (χ1v) is 7.51. The number of carbonyl (C=O) groups is 2. The fraction of sp³-hybridized carbons (Fsp3) is 0.375. The van der Waals surface area contributed by atoms with Crippen LogP contribution in [0.2, 0.25) is 0 Å². The number of benzene rings is 1. The van der Waals surface area contributed by atoms with Crippen LogP contribution in [-0.2, 0) is 16.1 Å². The molecule has 0 aliphatic carbocycles. The lowest BCUT2D eigenvalue weighted by Crippen LogP contribution is -2.30. The molecule has 0 radical (unpaired) electrons. The van der Waals surface area contributed by atoms with Crippen molar-refractivity contribution in [2.45, 2.75) is 33.4 Å². The van der Waals surface area contributed by atoms with Crippen LogP contribution in [0.1, 0.15) is 32.4 Å². The molecule has 2 N–H and O–H groups in total. The van der Waals surface area contributed by atoms with Gasteiger partial charge in [0.15, 0.2) is 5.82 Å². The third-order valence-electron chi connectivity index (χ3n) is 3.30. The molecular weight excluding hydrogens is 294 g/mol. The molecule has 1 heterocycles. The summed E-state index contributed by atoms with van der Waals surface area (Å²) in [4.78, 5) is 23.6. The van der Waals surface area contributed by atoms with Crippen molar-refractivity contribution in [3.8, 4) is 0 Å². The normalized spacial score (nSPS) is 12.0. The van der Waals surface area contributed by atoms with E-state index in [0.29, 0.717) is 5.82 Å². The molecule has 1 aromatic heterocycles. The van der Waals surface area contributed by atoms with E-state index in [4.69, 9.17) is 0 Å². The van der Waals surface area contributed by atoms with Gasteiger partial charge in [0.25, 0.3) is 0 Å². The Kier molecular flexibility index (Phi) is 5.46. The lowest BCUT2D eigenvalue weighted by molar-refractivity contribution is -0.122. The second-order valence-electron chi connectivity index (χ2n) is 5.65. The summed E-state index contributed by atoms with van der Waals surface area (Å²) in [5.74, 6) is -0.116. The summed E-state index contributed by atoms with van der Waals surface area (Å²) in [6.07, 6.45) is 1.53. The van der Waals surface area contributed by atoms with Gasteiger partial charge in [0.1, 0.15) is 6.54 Å². The Morgan fingerprint density at radius 3 is 2.52 bits per heavy atom. The molecule has 0 aliphatic rings. The van der Waals surface area contributed by atoms with Crippen molar-refractivity contribution in [1.82, 2.24) is 20.3 Å². The van der Waals surface area contributed by atoms with Crippen molar-refractivity contribution < 1.29 is 9.59 Å². The zero-order chi connectivity index (χ0) is 16.8. The molecule has 1 unspecified atom stereocenters. The molecule has 0 spiro atoms. The van der Waals surface area contributed by atoms with E-state index in [1.807, 2.05) is 37.3 Å². The van der Waals surface area contributed by atoms with Crippen molar-refractivity contribution in [3.63, 3.8) is 0 Å². The highest BCUT2D eigenvalue weighted by atomic mass is 16.2. The van der Waals surface area contributed by atoms with Crippen molar-refractivity contribution in [2.24, 2.45) is 5.92 Å². The van der Waals surface area contributed by atoms with Gasteiger partial charge in [-0.25, -0.2) is 4.68 Å². The SMILES string of the molecule is CC(C)C(=O)Nc1cn(CC(=O)NC(C)c2ccccc2)nn1. The summed E-state index contributed by atoms with van der Waals surface area (Å²) in [6.45, 7) is 5.54. The minimum Gasteiger partial charge on any atom is -0.348 e. The number of aromatic nitrogens is 3. The third kappa shape index (κ3) is 4.91. The molecule has 7 nitrogen and oxygen atoms in total. The highest BCUT2D eigenvalue weighted by Gasteiger charge is 2.13. The van der Waals surface area contributed by atoms with Crippen LogP contribution in [0.3, 0.4) is 0 Å². The molecule has 0 saturated carbocycles. The monoisotopic (exact) mass is 315 g/mol. The Labute approximate surface area is 135 Å². The Balaban J connectivity index is 1.88. The molecular formula is C16H21N5O2. The number of nitrogens with one attached hydrogen (secondary N) is 2. The Morgan fingerprint density at radius 1 is 1.17 bits per heavy atom. The molecule has 0 aliphatic heterocycles. The summed E-state index contributed by atoms with van der Waals surface area (Å²) in [5, 5.41) is 13.2. The minimum absolute atomic E-state index is 0.0434. The van der Waals surface area contributed by atoms with E-state index in [9.17, 15) is 9.59 Å². The summed E-state index contributed by atoms with van der Waals surface area (Å²) < 4.78 is 1.39. The largest absolute Gasteiger partial charge is 0.348 e. The molecule has 7 heteroatoms. The maximum absolute atomic E-state index is 12.0. The lowest BCUT2D eigenvalue weighted by Gasteiger charge is -2.13. The molecule has 0 bridgehead atoms. The number of carbonyl (C=O) groups excluding carboxylic acids is 2. The van der Waals surface area contributed by atoms with Crippen LogP contribution in [0.4, 0.5) is 5.82 Å². The predicted octanol–water partition coefficient (Wildman–Crippen LogP) is 1.75. The standard InChI is InChI=1S/C16H21N5O2/c1-11(2)16(23)18-14-9-21(20-19-14)10-15(22)17-12(3)13-7-5-4-6-8-13/h4-9,11-12H,10H2,1-3H3,(H,17,22)(H,18,23). The van der Waals surface area contributed by atoms with Gasteiger partial charge < -0.3 is 10.6 Å². The van der Waals surface area contributed by atoms with E-state index in [0.717, 1.165) is 5.56 Å². The van der Waals surface area contributed by atoms with Crippen molar-refractivity contribution in [1.29, 1.82) is 0 Å². The number of nitrogens with zero attached hydrogens (tertiary/aromatic N) is 3. The summed E-state index contributed by atoms with van der Waals surface area (Å²) in [6, 6.07) is 9.62. The molecule has 1 atom stereocenters. The fourth-order valence-corrected chi connectivity index (χ4v) is 1.96. The smallest absolute Gasteiger partial charge is 0.242 e. The first kappa shape index (κ1) is 16.7. The molecule has 0 saturated heterocycles. The van der Waals surface area contributed by atoms with Gasteiger partial charge in [-0.05, 0) is 12.5 Å². The van der Waals surface area contributed by atoms with Crippen molar-refractivity contribution >= 4 is 17.6 Å². The van der Waals surface area contributed by atoms with E-state index < -0.39 is 0 Å². The van der Waals surface area contributed by atoms with Gasteiger partial charge in [0.05, 0.1) is 12.2 Å². The fourth-order valence-electron chi connectivity index (χ4n) is 1.96. The van der Waals surface area contributed by atoms with Crippen LogP contribution < -0.4 is 10.6 Å². The van der Waals surface area contributed by atoms with Crippen LogP contribution in [-0.4, -0.2) is 26.8 Å². The minimum atomic E-state index is -0.173. The van der Waals surface area contributed by atoms with Crippen LogP contribution >= 0.6 is 0 Å². The number of amides is 2. The quantitative estimate of drug-likeness (QED) is 0.850. The summed E-state index contributed by atoms with van der Waals surface area (Å²) in [7, 11) is 0. The van der Waals surface area contributed by atoms with E-state index in [-0.39, 0.29) is 30.3 Å². The van der Waals surface area contributed by atoms with E-state index in [2.05, 4.69) is 20.9 Å². The number of rotatable bonds is 6. The Hall–Kier alpha value is -2.70. The summed E-state index contributed by atoms with van der Waals surface area (Å²) in [5.41, 5.74) is 1.03. The maximum atomic E-state index is 12.0. The Bertz CT molecular complexity index is 666. The van der Waals surface area contributed by atoms with Crippen LogP contribution in [0.25, 0.3) is 0 Å². The Morgan fingerprint density at radius 2 is 1.87 bits per heavy atom. The molecule has 2 amide bonds. The number of anilines is 1. The van der Waals surface area contributed by atoms with Gasteiger partial charge in [-0.1, -0.05) is 49.4 Å². The van der Waals surface area contributed by atoms with Crippen molar-refractivity contribution in [2.75, 3.05) is 5.32 Å². The number of hydrogen-bond donors (Lipinski definition) is 2. The van der Waals surface area contributed by atoms with Gasteiger partial charge in [-0.2, -0.15) is 0 Å². The first-order chi connectivity index (χ1) is 11.0. The molecule has 0 fully saturated rings. The van der Waals surface area contributed by atoms with Crippen molar-refractivity contribution in [3.05, 3.63) is 42.1 Å².